The fourth-order valence-electron chi connectivity index (χ4n) is 1.47. The molecule has 0 bridgehead atoms. The summed E-state index contributed by atoms with van der Waals surface area (Å²) < 4.78 is 6.37. The predicted octanol–water partition coefficient (Wildman–Crippen LogP) is 4.44. The lowest BCUT2D eigenvalue weighted by molar-refractivity contribution is 0.602. The molecule has 0 N–H and O–H groups in total. The van der Waals surface area contributed by atoms with Crippen molar-refractivity contribution in [3.63, 3.8) is 0 Å². The van der Waals surface area contributed by atoms with E-state index < -0.39 is 0 Å². The molecule has 2 aromatic rings. The predicted molar refractivity (Wildman–Crippen MR) is 64.3 cm³/mol. The van der Waals surface area contributed by atoms with Gasteiger partial charge in [-0.25, -0.2) is 0 Å². The summed E-state index contributed by atoms with van der Waals surface area (Å²) in [7, 11) is 0. The molecule has 0 saturated heterocycles. The molecule has 1 heterocycles. The summed E-state index contributed by atoms with van der Waals surface area (Å²) in [5, 5.41) is 1.07. The highest BCUT2D eigenvalue weighted by Crippen LogP contribution is 2.32. The Hall–Kier alpha value is -1.28. The number of hydrogen-bond acceptors (Lipinski definition) is 1. The molecule has 0 fully saturated rings. The molecule has 14 heavy (non-hydrogen) atoms. The van der Waals surface area contributed by atoms with Crippen molar-refractivity contribution in [2.24, 2.45) is 0 Å². The molecule has 1 aromatic carbocycles. The van der Waals surface area contributed by atoms with Gasteiger partial charge in [-0.2, -0.15) is 0 Å². The van der Waals surface area contributed by atoms with E-state index in [1.54, 1.807) is 6.08 Å². The van der Waals surface area contributed by atoms with E-state index in [2.05, 4.69) is 29.1 Å². The van der Waals surface area contributed by atoms with Crippen LogP contribution in [0.4, 0.5) is 0 Å². The van der Waals surface area contributed by atoms with Crippen LogP contribution in [-0.2, 0) is 0 Å². The number of halogens is 1. The fraction of sp³-hybridized carbons (Fsp3) is 0. The molecule has 0 amide bonds. The molecule has 1 aromatic heterocycles. The molecule has 0 aliphatic rings. The van der Waals surface area contributed by atoms with Crippen LogP contribution in [0.3, 0.4) is 0 Å². The van der Waals surface area contributed by atoms with Crippen LogP contribution in [-0.4, -0.2) is 0 Å². The average Bonchev–Trinajstić information content (AvgIpc) is 2.56. The zero-order valence-corrected chi connectivity index (χ0v) is 9.17. The SMILES string of the molecule is C=Cc1c(C(=C)Br)oc2ccccc12. The highest BCUT2D eigenvalue weighted by molar-refractivity contribution is 9.15. The summed E-state index contributed by atoms with van der Waals surface area (Å²) in [5.74, 6) is 0.751. The van der Waals surface area contributed by atoms with Gasteiger partial charge in [-0.1, -0.05) is 37.4 Å². The standard InChI is InChI=1S/C12H9BrO/c1-3-9-10-6-4-5-7-11(10)14-12(9)8(2)13/h3-7H,1-2H2. The summed E-state index contributed by atoms with van der Waals surface area (Å²) in [6.45, 7) is 7.58. The zero-order chi connectivity index (χ0) is 10.1. The first-order valence-electron chi connectivity index (χ1n) is 4.23. The van der Waals surface area contributed by atoms with Gasteiger partial charge >= 0.3 is 0 Å². The minimum atomic E-state index is 0.739. The van der Waals surface area contributed by atoms with E-state index in [1.165, 1.54) is 0 Å². The lowest BCUT2D eigenvalue weighted by Gasteiger charge is -1.92. The van der Waals surface area contributed by atoms with Gasteiger partial charge in [0, 0.05) is 10.9 Å². The lowest BCUT2D eigenvalue weighted by atomic mass is 10.1. The van der Waals surface area contributed by atoms with Crippen molar-refractivity contribution in [1.29, 1.82) is 0 Å². The Bertz CT molecular complexity index is 508. The first-order valence-corrected chi connectivity index (χ1v) is 5.02. The van der Waals surface area contributed by atoms with Crippen molar-refractivity contribution in [3.05, 3.63) is 48.7 Å². The van der Waals surface area contributed by atoms with Crippen LogP contribution in [0.25, 0.3) is 21.5 Å². The molecule has 2 rings (SSSR count). The van der Waals surface area contributed by atoms with E-state index in [0.717, 1.165) is 26.8 Å². The monoisotopic (exact) mass is 248 g/mol. The van der Waals surface area contributed by atoms with Crippen LogP contribution < -0.4 is 0 Å². The molecule has 0 aliphatic carbocycles. The number of rotatable bonds is 2. The number of hydrogen-bond donors (Lipinski definition) is 0. The van der Waals surface area contributed by atoms with Crippen molar-refractivity contribution in [2.75, 3.05) is 0 Å². The molecular formula is C12H9BrO. The first-order chi connectivity index (χ1) is 6.74. The Morgan fingerprint density at radius 2 is 2.07 bits per heavy atom. The number of fused-ring (bicyclic) bond motifs is 1. The van der Waals surface area contributed by atoms with E-state index in [1.807, 2.05) is 24.3 Å². The van der Waals surface area contributed by atoms with Crippen molar-refractivity contribution >= 4 is 37.5 Å². The largest absolute Gasteiger partial charge is 0.455 e. The summed E-state index contributed by atoms with van der Waals surface area (Å²) in [5.41, 5.74) is 1.85. The first kappa shape index (κ1) is 9.28. The van der Waals surface area contributed by atoms with Crippen LogP contribution in [0.15, 0.2) is 41.8 Å². The highest BCUT2D eigenvalue weighted by Gasteiger charge is 2.11. The lowest BCUT2D eigenvalue weighted by Crippen LogP contribution is -1.73. The summed E-state index contributed by atoms with van der Waals surface area (Å²) in [6.07, 6.45) is 1.79. The van der Waals surface area contributed by atoms with Gasteiger partial charge in [0.25, 0.3) is 0 Å². The molecule has 0 atom stereocenters. The van der Waals surface area contributed by atoms with Gasteiger partial charge in [-0.05, 0) is 22.0 Å². The van der Waals surface area contributed by atoms with E-state index in [4.69, 9.17) is 4.42 Å². The minimum Gasteiger partial charge on any atom is -0.455 e. The second-order valence-electron chi connectivity index (χ2n) is 2.95. The molecule has 0 unspecified atom stereocenters. The normalized spacial score (nSPS) is 10.4. The summed E-state index contributed by atoms with van der Waals surface area (Å²) in [4.78, 5) is 0. The topological polar surface area (TPSA) is 13.1 Å². The molecule has 2 heteroatoms. The Kier molecular flexibility index (Phi) is 2.30. The highest BCUT2D eigenvalue weighted by atomic mass is 79.9. The molecule has 0 saturated carbocycles. The molecule has 70 valence electrons. The van der Waals surface area contributed by atoms with Crippen molar-refractivity contribution in [2.45, 2.75) is 0 Å². The molecule has 0 radical (unpaired) electrons. The van der Waals surface area contributed by atoms with Crippen LogP contribution >= 0.6 is 15.9 Å². The summed E-state index contributed by atoms with van der Waals surface area (Å²) in [6, 6.07) is 7.86. The van der Waals surface area contributed by atoms with Gasteiger partial charge in [0.2, 0.25) is 0 Å². The Morgan fingerprint density at radius 3 is 2.71 bits per heavy atom. The third kappa shape index (κ3) is 1.32. The Balaban J connectivity index is 2.85. The molecule has 0 spiro atoms. The van der Waals surface area contributed by atoms with Gasteiger partial charge < -0.3 is 4.42 Å². The van der Waals surface area contributed by atoms with Crippen molar-refractivity contribution in [1.82, 2.24) is 0 Å². The van der Waals surface area contributed by atoms with Gasteiger partial charge in [0.05, 0.1) is 4.48 Å². The van der Waals surface area contributed by atoms with Gasteiger partial charge in [-0.3, -0.25) is 0 Å². The second-order valence-corrected chi connectivity index (χ2v) is 3.91. The van der Waals surface area contributed by atoms with Crippen LogP contribution in [0.2, 0.25) is 0 Å². The fourth-order valence-corrected chi connectivity index (χ4v) is 1.76. The smallest absolute Gasteiger partial charge is 0.148 e. The van der Waals surface area contributed by atoms with E-state index in [9.17, 15) is 0 Å². The van der Waals surface area contributed by atoms with Gasteiger partial charge in [0.15, 0.2) is 0 Å². The number of para-hydroxylation sites is 1. The maximum atomic E-state index is 5.63. The van der Waals surface area contributed by atoms with Crippen molar-refractivity contribution in [3.8, 4) is 0 Å². The van der Waals surface area contributed by atoms with E-state index in [0.29, 0.717) is 0 Å². The minimum absolute atomic E-state index is 0.739. The molecule has 0 aliphatic heterocycles. The maximum Gasteiger partial charge on any atom is 0.148 e. The van der Waals surface area contributed by atoms with E-state index >= 15 is 0 Å². The van der Waals surface area contributed by atoms with Gasteiger partial charge in [0.1, 0.15) is 11.3 Å². The zero-order valence-electron chi connectivity index (χ0n) is 7.59. The Labute approximate surface area is 90.9 Å². The van der Waals surface area contributed by atoms with Crippen LogP contribution in [0, 0.1) is 0 Å². The van der Waals surface area contributed by atoms with Gasteiger partial charge in [-0.15, -0.1) is 0 Å². The van der Waals surface area contributed by atoms with Crippen LogP contribution in [0.5, 0.6) is 0 Å². The third-order valence-corrected chi connectivity index (χ3v) is 2.44. The average molecular weight is 249 g/mol. The molecular weight excluding hydrogens is 240 g/mol. The number of furan rings is 1. The second kappa shape index (κ2) is 3.46. The third-order valence-electron chi connectivity index (χ3n) is 2.08. The Morgan fingerprint density at radius 1 is 1.36 bits per heavy atom. The molecule has 1 nitrogen and oxygen atoms in total. The number of benzene rings is 1. The maximum absolute atomic E-state index is 5.63. The summed E-state index contributed by atoms with van der Waals surface area (Å²) >= 11 is 3.32. The quantitative estimate of drug-likeness (QED) is 0.766. The van der Waals surface area contributed by atoms with Crippen LogP contribution in [0.1, 0.15) is 11.3 Å². The van der Waals surface area contributed by atoms with E-state index in [-0.39, 0.29) is 0 Å². The van der Waals surface area contributed by atoms with Crippen molar-refractivity contribution < 1.29 is 4.42 Å².